The van der Waals surface area contributed by atoms with Crippen LogP contribution in [0, 0.1) is 13.8 Å². The molecule has 1 heterocycles. The van der Waals surface area contributed by atoms with Crippen LogP contribution in [-0.4, -0.2) is 34.2 Å². The van der Waals surface area contributed by atoms with Crippen molar-refractivity contribution in [2.45, 2.75) is 38.0 Å². The van der Waals surface area contributed by atoms with E-state index in [0.717, 1.165) is 45.3 Å². The molecule has 1 aliphatic heterocycles. The number of carbonyl (C=O) groups excluding carboxylic acids is 1. The fourth-order valence-electron chi connectivity index (χ4n) is 7.14. The average molecular weight is 645 g/mol. The molecule has 1 aliphatic rings. The van der Waals surface area contributed by atoms with Gasteiger partial charge in [0, 0.05) is 24.2 Å². The second-order valence-corrected chi connectivity index (χ2v) is 14.4. The number of hydrogen-bond acceptors (Lipinski definition) is 5. The number of hydrogen-bond donors (Lipinski definition) is 0. The predicted octanol–water partition coefficient (Wildman–Crippen LogP) is 9.62. The smallest absolute Gasteiger partial charge is 0.134 e. The highest BCUT2D eigenvalue weighted by atomic mass is 31.1. The van der Waals surface area contributed by atoms with Crippen molar-refractivity contribution in [3.05, 3.63) is 125 Å². The Morgan fingerprint density at radius 1 is 0.511 bits per heavy atom. The molecular formula is C41H41O5P. The topological polar surface area (TPSA) is 54.0 Å². The number of ether oxygens (including phenoxy) is 4. The van der Waals surface area contributed by atoms with Crippen LogP contribution in [0.1, 0.15) is 46.4 Å². The third-order valence-electron chi connectivity index (χ3n) is 9.30. The monoisotopic (exact) mass is 644 g/mol. The van der Waals surface area contributed by atoms with E-state index in [9.17, 15) is 4.79 Å². The summed E-state index contributed by atoms with van der Waals surface area (Å²) in [6.07, 6.45) is 0.942. The molecule has 0 saturated carbocycles. The highest BCUT2D eigenvalue weighted by molar-refractivity contribution is 7.67. The maximum Gasteiger partial charge on any atom is 0.134 e. The predicted molar refractivity (Wildman–Crippen MR) is 192 cm³/mol. The zero-order valence-corrected chi connectivity index (χ0v) is 28.8. The van der Waals surface area contributed by atoms with Crippen LogP contribution in [0.25, 0.3) is 22.3 Å². The molecule has 0 aliphatic carbocycles. The van der Waals surface area contributed by atoms with Crippen molar-refractivity contribution >= 4 is 19.0 Å². The summed E-state index contributed by atoms with van der Waals surface area (Å²) in [4.78, 5) is 13.9. The Morgan fingerprint density at radius 2 is 0.872 bits per heavy atom. The third-order valence-corrected chi connectivity index (χ3v) is 12.6. The van der Waals surface area contributed by atoms with Crippen LogP contribution in [0.4, 0.5) is 0 Å². The number of aryl methyl sites for hydroxylation is 2. The summed E-state index contributed by atoms with van der Waals surface area (Å²) in [5, 5.41) is 1.17. The SMILES string of the molecule is COc1cccc(OC)c1-c1cccc(-c2c(OC)cccc2OC)c1P1C(c2ccccc2C)CC(=O)CC1c1ccccc1C. The molecule has 6 rings (SSSR count). The van der Waals surface area contributed by atoms with Gasteiger partial charge in [-0.05, 0) is 76.8 Å². The summed E-state index contributed by atoms with van der Waals surface area (Å²) in [6, 6.07) is 35.3. The van der Waals surface area contributed by atoms with Crippen LogP contribution >= 0.6 is 7.92 Å². The minimum absolute atomic E-state index is 0.0293. The third kappa shape index (κ3) is 6.01. The van der Waals surface area contributed by atoms with Gasteiger partial charge in [-0.15, -0.1) is 0 Å². The van der Waals surface area contributed by atoms with Gasteiger partial charge in [-0.2, -0.15) is 0 Å². The molecule has 6 heteroatoms. The molecule has 0 bridgehead atoms. The van der Waals surface area contributed by atoms with E-state index in [2.05, 4.69) is 80.6 Å². The summed E-state index contributed by atoms with van der Waals surface area (Å²) < 4.78 is 24.1. The van der Waals surface area contributed by atoms with Gasteiger partial charge in [0.25, 0.3) is 0 Å². The summed E-state index contributed by atoms with van der Waals surface area (Å²) >= 11 is 0. The van der Waals surface area contributed by atoms with Gasteiger partial charge in [0.05, 0.1) is 39.6 Å². The van der Waals surface area contributed by atoms with Crippen LogP contribution in [0.5, 0.6) is 23.0 Å². The molecular weight excluding hydrogens is 603 g/mol. The first kappa shape index (κ1) is 32.3. The van der Waals surface area contributed by atoms with Crippen molar-refractivity contribution in [2.75, 3.05) is 28.4 Å². The van der Waals surface area contributed by atoms with E-state index in [0.29, 0.717) is 12.8 Å². The molecule has 0 spiro atoms. The maximum absolute atomic E-state index is 13.9. The number of benzene rings is 5. The fraction of sp³-hybridized carbons (Fsp3) is 0.244. The number of methoxy groups -OCH3 is 4. The second kappa shape index (κ2) is 14.0. The Balaban J connectivity index is 1.79. The molecule has 0 radical (unpaired) electrons. The Hall–Kier alpha value is -4.60. The van der Waals surface area contributed by atoms with E-state index in [1.807, 2.05) is 36.4 Å². The molecule has 0 amide bonds. The summed E-state index contributed by atoms with van der Waals surface area (Å²) in [5.74, 6) is 3.17. The summed E-state index contributed by atoms with van der Waals surface area (Å²) in [5.41, 5.74) is 8.54. The van der Waals surface area contributed by atoms with Gasteiger partial charge in [0.15, 0.2) is 0 Å². The molecule has 47 heavy (non-hydrogen) atoms. The Morgan fingerprint density at radius 3 is 1.23 bits per heavy atom. The van der Waals surface area contributed by atoms with Crippen molar-refractivity contribution in [2.24, 2.45) is 0 Å². The van der Waals surface area contributed by atoms with Crippen LogP contribution < -0.4 is 24.3 Å². The van der Waals surface area contributed by atoms with E-state index in [1.165, 1.54) is 27.6 Å². The van der Waals surface area contributed by atoms with Crippen molar-refractivity contribution in [3.8, 4) is 45.3 Å². The summed E-state index contributed by atoms with van der Waals surface area (Å²) in [6.45, 7) is 4.31. The van der Waals surface area contributed by atoms with Crippen LogP contribution in [0.3, 0.4) is 0 Å². The highest BCUT2D eigenvalue weighted by Crippen LogP contribution is 2.69. The van der Waals surface area contributed by atoms with Crippen molar-refractivity contribution in [3.63, 3.8) is 0 Å². The standard InChI is InChI=1S/C41H41O5P/c1-26-14-7-9-16-29(26)37-24-28(42)25-38(30-17-10-8-15-27(30)2)47(37)41-31(39-33(43-3)20-12-21-34(39)44-4)18-11-19-32(41)40-35(45-5)22-13-23-36(40)46-6/h7-23,37-38H,24-25H2,1-6H3. The first-order valence-corrected chi connectivity index (χ1v) is 17.4. The molecule has 0 aromatic heterocycles. The average Bonchev–Trinajstić information content (AvgIpc) is 3.10. The first-order chi connectivity index (χ1) is 22.9. The lowest BCUT2D eigenvalue weighted by Crippen LogP contribution is -2.26. The molecule has 5 nitrogen and oxygen atoms in total. The molecule has 5 aromatic carbocycles. The van der Waals surface area contributed by atoms with Crippen LogP contribution in [-0.2, 0) is 4.79 Å². The van der Waals surface area contributed by atoms with E-state index in [1.54, 1.807) is 28.4 Å². The highest BCUT2D eigenvalue weighted by Gasteiger charge is 2.43. The number of Topliss-reactive ketones (excluding diaryl/α,β-unsaturated/α-hetero) is 1. The first-order valence-electron chi connectivity index (χ1n) is 15.9. The van der Waals surface area contributed by atoms with Crippen molar-refractivity contribution < 1.29 is 23.7 Å². The van der Waals surface area contributed by atoms with E-state index >= 15 is 0 Å². The van der Waals surface area contributed by atoms with Gasteiger partial charge in [0.2, 0.25) is 0 Å². The Bertz CT molecular complexity index is 1740. The van der Waals surface area contributed by atoms with Gasteiger partial charge >= 0.3 is 0 Å². The van der Waals surface area contributed by atoms with Crippen LogP contribution in [0.15, 0.2) is 103 Å². The maximum atomic E-state index is 13.9. The lowest BCUT2D eigenvalue weighted by molar-refractivity contribution is -0.119. The molecule has 2 unspecified atom stereocenters. The van der Waals surface area contributed by atoms with E-state index < -0.39 is 7.92 Å². The number of ketones is 1. The van der Waals surface area contributed by atoms with Gasteiger partial charge in [-0.3, -0.25) is 4.79 Å². The molecule has 1 saturated heterocycles. The lowest BCUT2D eigenvalue weighted by atomic mass is 9.95. The number of carbonyl (C=O) groups is 1. The largest absolute Gasteiger partial charge is 0.496 e. The minimum Gasteiger partial charge on any atom is -0.496 e. The Kier molecular flexibility index (Phi) is 9.66. The molecule has 0 N–H and O–H groups in total. The molecule has 5 aromatic rings. The molecule has 2 atom stereocenters. The van der Waals surface area contributed by atoms with Gasteiger partial charge in [0.1, 0.15) is 28.8 Å². The molecule has 1 fully saturated rings. The van der Waals surface area contributed by atoms with Crippen molar-refractivity contribution in [1.82, 2.24) is 0 Å². The summed E-state index contributed by atoms with van der Waals surface area (Å²) in [7, 11) is 5.68. The normalized spacial score (nSPS) is 17.7. The van der Waals surface area contributed by atoms with Crippen LogP contribution in [0.2, 0.25) is 0 Å². The van der Waals surface area contributed by atoms with Gasteiger partial charge < -0.3 is 18.9 Å². The Labute approximate surface area is 279 Å². The zero-order valence-electron chi connectivity index (χ0n) is 27.9. The van der Waals surface area contributed by atoms with E-state index in [-0.39, 0.29) is 17.1 Å². The fourth-order valence-corrected chi connectivity index (χ4v) is 11.1. The van der Waals surface area contributed by atoms with Gasteiger partial charge in [-0.1, -0.05) is 86.8 Å². The van der Waals surface area contributed by atoms with Crippen molar-refractivity contribution in [1.29, 1.82) is 0 Å². The van der Waals surface area contributed by atoms with Gasteiger partial charge in [-0.25, -0.2) is 0 Å². The lowest BCUT2D eigenvalue weighted by Gasteiger charge is -2.42. The second-order valence-electron chi connectivity index (χ2n) is 11.9. The quantitative estimate of drug-likeness (QED) is 0.150. The number of rotatable bonds is 9. The minimum atomic E-state index is -1.11. The molecule has 240 valence electrons. The zero-order chi connectivity index (χ0) is 33.1. The van der Waals surface area contributed by atoms with E-state index in [4.69, 9.17) is 18.9 Å².